The summed E-state index contributed by atoms with van der Waals surface area (Å²) in [5.74, 6) is -0.826. The SMILES string of the molecule is CC(C)C[C@H](NC(=O)c1cnc(-c2ccccc2Cl)c(Cl)c1)C(=O)N(C)C#N. The summed E-state index contributed by atoms with van der Waals surface area (Å²) in [5, 5.41) is 12.4. The van der Waals surface area contributed by atoms with Gasteiger partial charge in [-0.3, -0.25) is 19.5 Å². The van der Waals surface area contributed by atoms with Crippen LogP contribution in [0.4, 0.5) is 0 Å². The quantitative estimate of drug-likeness (QED) is 0.563. The molecular formula is C20H20Cl2N4O2. The Bertz CT molecular complexity index is 925. The van der Waals surface area contributed by atoms with Gasteiger partial charge in [-0.15, -0.1) is 0 Å². The third-order valence-corrected chi connectivity index (χ3v) is 4.64. The van der Waals surface area contributed by atoms with Crippen molar-refractivity contribution in [3.05, 3.63) is 52.1 Å². The van der Waals surface area contributed by atoms with Crippen molar-refractivity contribution in [1.82, 2.24) is 15.2 Å². The first kappa shape index (κ1) is 21.7. The number of hydrogen-bond donors (Lipinski definition) is 1. The average Bonchev–Trinajstić information content (AvgIpc) is 2.66. The molecule has 2 aromatic rings. The fourth-order valence-corrected chi connectivity index (χ4v) is 3.12. The number of nitriles is 1. The third-order valence-electron chi connectivity index (χ3n) is 4.02. The van der Waals surface area contributed by atoms with Crippen LogP contribution in [0.1, 0.15) is 30.6 Å². The summed E-state index contributed by atoms with van der Waals surface area (Å²) in [6, 6.07) is 7.78. The van der Waals surface area contributed by atoms with E-state index in [2.05, 4.69) is 10.3 Å². The molecule has 1 aromatic heterocycles. The van der Waals surface area contributed by atoms with E-state index in [9.17, 15) is 9.59 Å². The highest BCUT2D eigenvalue weighted by Crippen LogP contribution is 2.31. The van der Waals surface area contributed by atoms with Crippen LogP contribution in [0.3, 0.4) is 0 Å². The summed E-state index contributed by atoms with van der Waals surface area (Å²) in [6.07, 6.45) is 3.54. The molecule has 0 fully saturated rings. The molecule has 0 unspecified atom stereocenters. The van der Waals surface area contributed by atoms with Gasteiger partial charge in [0.2, 0.25) is 0 Å². The number of hydrogen-bond acceptors (Lipinski definition) is 4. The summed E-state index contributed by atoms with van der Waals surface area (Å²) in [7, 11) is 1.36. The van der Waals surface area contributed by atoms with Gasteiger partial charge in [0.25, 0.3) is 11.8 Å². The van der Waals surface area contributed by atoms with E-state index in [0.717, 1.165) is 4.90 Å². The molecule has 1 heterocycles. The molecule has 0 bridgehead atoms. The molecule has 2 amide bonds. The highest BCUT2D eigenvalue weighted by Gasteiger charge is 2.26. The molecule has 0 aliphatic carbocycles. The van der Waals surface area contributed by atoms with Gasteiger partial charge >= 0.3 is 0 Å². The normalized spacial score (nSPS) is 11.6. The highest BCUT2D eigenvalue weighted by molar-refractivity contribution is 6.36. The molecule has 146 valence electrons. The Labute approximate surface area is 174 Å². The Morgan fingerprint density at radius 1 is 1.25 bits per heavy atom. The number of aromatic nitrogens is 1. The zero-order chi connectivity index (χ0) is 20.8. The van der Waals surface area contributed by atoms with Gasteiger partial charge in [0, 0.05) is 18.8 Å². The third kappa shape index (κ3) is 5.22. The lowest BCUT2D eigenvalue weighted by Gasteiger charge is -2.21. The molecule has 0 radical (unpaired) electrons. The fourth-order valence-electron chi connectivity index (χ4n) is 2.63. The fraction of sp³-hybridized carbons (Fsp3) is 0.300. The minimum absolute atomic E-state index is 0.144. The van der Waals surface area contributed by atoms with Crippen molar-refractivity contribution in [3.63, 3.8) is 0 Å². The molecule has 1 aromatic carbocycles. The van der Waals surface area contributed by atoms with E-state index in [4.69, 9.17) is 28.5 Å². The number of rotatable bonds is 6. The van der Waals surface area contributed by atoms with Crippen molar-refractivity contribution >= 4 is 35.0 Å². The maximum Gasteiger partial charge on any atom is 0.257 e. The molecule has 1 N–H and O–H groups in total. The van der Waals surface area contributed by atoms with Crippen molar-refractivity contribution in [2.75, 3.05) is 7.05 Å². The molecule has 0 saturated heterocycles. The zero-order valence-electron chi connectivity index (χ0n) is 15.7. The Morgan fingerprint density at radius 2 is 1.93 bits per heavy atom. The minimum atomic E-state index is -0.820. The lowest BCUT2D eigenvalue weighted by Crippen LogP contribution is -2.46. The second-order valence-electron chi connectivity index (χ2n) is 6.69. The molecule has 0 aliphatic rings. The average molecular weight is 419 g/mol. The lowest BCUT2D eigenvalue weighted by atomic mass is 10.0. The van der Waals surface area contributed by atoms with E-state index in [-0.39, 0.29) is 16.5 Å². The van der Waals surface area contributed by atoms with Gasteiger partial charge < -0.3 is 5.32 Å². The monoisotopic (exact) mass is 418 g/mol. The van der Waals surface area contributed by atoms with E-state index in [1.807, 2.05) is 19.9 Å². The molecule has 0 spiro atoms. The van der Waals surface area contributed by atoms with E-state index < -0.39 is 17.9 Å². The first-order valence-corrected chi connectivity index (χ1v) is 9.38. The van der Waals surface area contributed by atoms with Crippen molar-refractivity contribution < 1.29 is 9.59 Å². The maximum atomic E-state index is 12.6. The molecule has 0 aliphatic heterocycles. The predicted molar refractivity (Wildman–Crippen MR) is 109 cm³/mol. The van der Waals surface area contributed by atoms with Crippen molar-refractivity contribution in [2.45, 2.75) is 26.3 Å². The van der Waals surface area contributed by atoms with Crippen molar-refractivity contribution in [2.24, 2.45) is 5.92 Å². The van der Waals surface area contributed by atoms with Crippen LogP contribution in [0.25, 0.3) is 11.3 Å². The van der Waals surface area contributed by atoms with Gasteiger partial charge in [-0.2, -0.15) is 5.26 Å². The van der Waals surface area contributed by atoms with Gasteiger partial charge in [-0.1, -0.05) is 55.2 Å². The van der Waals surface area contributed by atoms with Gasteiger partial charge in [-0.05, 0) is 24.5 Å². The van der Waals surface area contributed by atoms with Crippen LogP contribution in [0.2, 0.25) is 10.0 Å². The van der Waals surface area contributed by atoms with Crippen molar-refractivity contribution in [3.8, 4) is 17.5 Å². The summed E-state index contributed by atoms with van der Waals surface area (Å²) < 4.78 is 0. The summed E-state index contributed by atoms with van der Waals surface area (Å²) in [4.78, 5) is 30.2. The predicted octanol–water partition coefficient (Wildman–Crippen LogP) is 4.14. The van der Waals surface area contributed by atoms with Crippen LogP contribution < -0.4 is 5.32 Å². The number of likely N-dealkylation sites (N-methyl/N-ethyl adjacent to an activating group) is 1. The number of nitrogens with zero attached hydrogens (tertiary/aromatic N) is 3. The van der Waals surface area contributed by atoms with Crippen molar-refractivity contribution in [1.29, 1.82) is 5.26 Å². The van der Waals surface area contributed by atoms with Crippen LogP contribution in [0.5, 0.6) is 0 Å². The second-order valence-corrected chi connectivity index (χ2v) is 7.50. The standard InChI is InChI=1S/C20H20Cl2N4O2/c1-12(2)8-17(20(28)26(3)11-23)25-19(27)13-9-16(22)18(24-10-13)14-6-4-5-7-15(14)21/h4-7,9-10,12,17H,8H2,1-3H3,(H,25,27)/t17-/m0/s1. The van der Waals surface area contributed by atoms with Gasteiger partial charge in [0.1, 0.15) is 6.04 Å². The first-order valence-electron chi connectivity index (χ1n) is 8.63. The van der Waals surface area contributed by atoms with E-state index in [0.29, 0.717) is 22.7 Å². The lowest BCUT2D eigenvalue weighted by molar-refractivity contribution is -0.129. The summed E-state index contributed by atoms with van der Waals surface area (Å²) >= 11 is 12.5. The van der Waals surface area contributed by atoms with E-state index >= 15 is 0 Å². The maximum absolute atomic E-state index is 12.6. The number of benzene rings is 1. The number of carbonyl (C=O) groups excluding carboxylic acids is 2. The Balaban J connectivity index is 2.25. The second kappa shape index (κ2) is 9.54. The smallest absolute Gasteiger partial charge is 0.257 e. The van der Waals surface area contributed by atoms with Crippen LogP contribution in [0, 0.1) is 17.4 Å². The summed E-state index contributed by atoms with van der Waals surface area (Å²) in [5.41, 5.74) is 1.33. The molecule has 2 rings (SSSR count). The number of pyridine rings is 1. The van der Waals surface area contributed by atoms with Crippen LogP contribution in [-0.4, -0.2) is 34.8 Å². The topological polar surface area (TPSA) is 86.1 Å². The van der Waals surface area contributed by atoms with Gasteiger partial charge in [0.15, 0.2) is 6.19 Å². The molecular weight excluding hydrogens is 399 g/mol. The molecule has 0 saturated carbocycles. The molecule has 1 atom stereocenters. The highest BCUT2D eigenvalue weighted by atomic mass is 35.5. The Hall–Kier alpha value is -2.62. The minimum Gasteiger partial charge on any atom is -0.340 e. The largest absolute Gasteiger partial charge is 0.340 e. The number of halogens is 2. The molecule has 28 heavy (non-hydrogen) atoms. The van der Waals surface area contributed by atoms with Crippen LogP contribution in [-0.2, 0) is 4.79 Å². The first-order chi connectivity index (χ1) is 13.2. The van der Waals surface area contributed by atoms with E-state index in [1.165, 1.54) is 19.3 Å². The molecule has 8 heteroatoms. The Morgan fingerprint density at radius 3 is 2.50 bits per heavy atom. The van der Waals surface area contributed by atoms with E-state index in [1.54, 1.807) is 24.4 Å². The van der Waals surface area contributed by atoms with Gasteiger partial charge in [0.05, 0.1) is 21.3 Å². The van der Waals surface area contributed by atoms with Crippen LogP contribution in [0.15, 0.2) is 36.5 Å². The Kier molecular flexibility index (Phi) is 7.38. The van der Waals surface area contributed by atoms with Gasteiger partial charge in [-0.25, -0.2) is 0 Å². The summed E-state index contributed by atoms with van der Waals surface area (Å²) in [6.45, 7) is 3.85. The van der Waals surface area contributed by atoms with Crippen LogP contribution >= 0.6 is 23.2 Å². The number of amides is 2. The number of carbonyl (C=O) groups is 2. The molecule has 6 nitrogen and oxygen atoms in total. The zero-order valence-corrected chi connectivity index (χ0v) is 17.3. The number of nitrogens with one attached hydrogen (secondary N) is 1.